The molecule has 3 N–H and O–H groups in total. The smallest absolute Gasteiger partial charge is 0.227 e. The van der Waals surface area contributed by atoms with Gasteiger partial charge in [0, 0.05) is 24.7 Å². The van der Waals surface area contributed by atoms with Gasteiger partial charge in [0.15, 0.2) is 5.13 Å². The average molecular weight is 372 g/mol. The summed E-state index contributed by atoms with van der Waals surface area (Å²) in [5, 5.41) is 18.1. The van der Waals surface area contributed by atoms with Crippen molar-refractivity contribution in [1.29, 1.82) is 0 Å². The molecule has 3 aliphatic rings. The third kappa shape index (κ3) is 3.18. The first kappa shape index (κ1) is 17.7. The van der Waals surface area contributed by atoms with Crippen molar-refractivity contribution in [2.75, 3.05) is 17.2 Å². The number of nitrogens with one attached hydrogen (secondary N) is 2. The van der Waals surface area contributed by atoms with Gasteiger partial charge in [0.25, 0.3) is 0 Å². The monoisotopic (exact) mass is 371 g/mol. The molecule has 2 bridgehead atoms. The SMILES string of the molecule is C[C@@H]1[C@@H](Nc2nc(O)c(CCNc3ccccc3)s2)C[C@H]2C[C@@H]1C2(C)C. The fourth-order valence-corrected chi connectivity index (χ4v) is 5.86. The van der Waals surface area contributed by atoms with Crippen molar-refractivity contribution in [2.45, 2.75) is 46.1 Å². The second-order valence-corrected chi connectivity index (χ2v) is 9.60. The number of aromatic hydroxyl groups is 1. The minimum absolute atomic E-state index is 0.182. The molecule has 4 nitrogen and oxygen atoms in total. The number of hydrogen-bond donors (Lipinski definition) is 3. The molecule has 0 amide bonds. The normalized spacial score (nSPS) is 29.0. The zero-order valence-corrected chi connectivity index (χ0v) is 16.6. The van der Waals surface area contributed by atoms with E-state index in [0.29, 0.717) is 17.4 Å². The van der Waals surface area contributed by atoms with E-state index in [-0.39, 0.29) is 5.88 Å². The lowest BCUT2D eigenvalue weighted by atomic mass is 9.45. The summed E-state index contributed by atoms with van der Waals surface area (Å²) in [7, 11) is 0. The summed E-state index contributed by atoms with van der Waals surface area (Å²) in [6.45, 7) is 8.01. The Hall–Kier alpha value is -1.75. The standard InChI is InChI=1S/C21H29N3OS/c1-13-16-11-14(21(16,2)3)12-17(13)23-20-24-19(25)18(26-20)9-10-22-15-7-5-4-6-8-15/h4-8,13-14,16-17,22,25H,9-12H2,1-3H3,(H,23,24)/t13-,14+,16-,17-/m0/s1. The van der Waals surface area contributed by atoms with Crippen LogP contribution in [0.5, 0.6) is 5.88 Å². The number of anilines is 2. The van der Waals surface area contributed by atoms with Gasteiger partial charge in [0.1, 0.15) is 0 Å². The molecular formula is C21H29N3OS. The Kier molecular flexibility index (Phi) is 4.59. The molecule has 0 unspecified atom stereocenters. The lowest BCUT2D eigenvalue weighted by molar-refractivity contribution is -0.105. The molecule has 1 aromatic carbocycles. The fraction of sp³-hybridized carbons (Fsp3) is 0.571. The molecule has 3 fully saturated rings. The molecule has 5 rings (SSSR count). The third-order valence-corrected chi connectivity index (χ3v) is 7.83. The van der Waals surface area contributed by atoms with Gasteiger partial charge < -0.3 is 15.7 Å². The zero-order valence-electron chi connectivity index (χ0n) is 15.8. The Morgan fingerprint density at radius 3 is 2.69 bits per heavy atom. The summed E-state index contributed by atoms with van der Waals surface area (Å²) in [6, 6.07) is 10.6. The molecule has 4 atom stereocenters. The molecule has 0 aliphatic heterocycles. The zero-order chi connectivity index (χ0) is 18.3. The Balaban J connectivity index is 1.34. The lowest BCUT2D eigenvalue weighted by Crippen LogP contribution is -2.58. The Morgan fingerprint density at radius 2 is 2.00 bits per heavy atom. The topological polar surface area (TPSA) is 57.2 Å². The Morgan fingerprint density at radius 1 is 1.23 bits per heavy atom. The predicted octanol–water partition coefficient (Wildman–Crippen LogP) is 4.99. The number of rotatable bonds is 6. The highest BCUT2D eigenvalue weighted by atomic mass is 32.1. The Bertz CT molecular complexity index is 758. The van der Waals surface area contributed by atoms with Crippen molar-refractivity contribution in [1.82, 2.24) is 4.98 Å². The van der Waals surface area contributed by atoms with Crippen LogP contribution in [-0.4, -0.2) is 22.7 Å². The predicted molar refractivity (Wildman–Crippen MR) is 109 cm³/mol. The molecule has 5 heteroatoms. The number of fused-ring (bicyclic) bond motifs is 2. The largest absolute Gasteiger partial charge is 0.492 e. The first-order chi connectivity index (χ1) is 12.4. The summed E-state index contributed by atoms with van der Waals surface area (Å²) in [5.41, 5.74) is 1.60. The maximum Gasteiger partial charge on any atom is 0.227 e. The van der Waals surface area contributed by atoms with Crippen LogP contribution in [0.4, 0.5) is 10.8 Å². The van der Waals surface area contributed by atoms with Crippen LogP contribution in [0, 0.1) is 23.2 Å². The van der Waals surface area contributed by atoms with Crippen LogP contribution < -0.4 is 10.6 Å². The minimum atomic E-state index is 0.182. The Labute approximate surface area is 160 Å². The number of aromatic nitrogens is 1. The van der Waals surface area contributed by atoms with E-state index in [1.165, 1.54) is 12.8 Å². The van der Waals surface area contributed by atoms with E-state index in [9.17, 15) is 5.11 Å². The van der Waals surface area contributed by atoms with E-state index in [1.54, 1.807) is 11.3 Å². The van der Waals surface area contributed by atoms with Gasteiger partial charge in [-0.05, 0) is 48.1 Å². The molecular weight excluding hydrogens is 342 g/mol. The average Bonchev–Trinajstić information content (AvgIpc) is 2.96. The highest BCUT2D eigenvalue weighted by molar-refractivity contribution is 7.15. The number of benzene rings is 1. The van der Waals surface area contributed by atoms with Gasteiger partial charge in [0.2, 0.25) is 5.88 Å². The van der Waals surface area contributed by atoms with E-state index < -0.39 is 0 Å². The van der Waals surface area contributed by atoms with E-state index in [0.717, 1.165) is 40.5 Å². The summed E-state index contributed by atoms with van der Waals surface area (Å²) < 4.78 is 0. The van der Waals surface area contributed by atoms with Crippen molar-refractivity contribution in [2.24, 2.45) is 23.2 Å². The van der Waals surface area contributed by atoms with E-state index in [1.807, 2.05) is 18.2 Å². The van der Waals surface area contributed by atoms with E-state index in [4.69, 9.17) is 0 Å². The third-order valence-electron chi connectivity index (χ3n) is 6.79. The molecule has 2 aromatic rings. The molecule has 0 saturated heterocycles. The van der Waals surface area contributed by atoms with Crippen molar-refractivity contribution in [3.05, 3.63) is 35.2 Å². The van der Waals surface area contributed by atoms with Gasteiger partial charge in [0.05, 0.1) is 4.88 Å². The van der Waals surface area contributed by atoms with E-state index in [2.05, 4.69) is 48.5 Å². The van der Waals surface area contributed by atoms with Crippen LogP contribution in [0.15, 0.2) is 30.3 Å². The lowest BCUT2D eigenvalue weighted by Gasteiger charge is -2.62. The molecule has 3 saturated carbocycles. The van der Waals surface area contributed by atoms with Crippen molar-refractivity contribution < 1.29 is 5.11 Å². The maximum absolute atomic E-state index is 10.2. The first-order valence-corrected chi connectivity index (χ1v) is 10.5. The molecule has 0 radical (unpaired) electrons. The van der Waals surface area contributed by atoms with Gasteiger partial charge >= 0.3 is 0 Å². The molecule has 3 aliphatic carbocycles. The summed E-state index contributed by atoms with van der Waals surface area (Å²) in [4.78, 5) is 5.33. The van der Waals surface area contributed by atoms with Crippen LogP contribution >= 0.6 is 11.3 Å². The summed E-state index contributed by atoms with van der Waals surface area (Å²) in [6.07, 6.45) is 3.38. The van der Waals surface area contributed by atoms with Gasteiger partial charge in [-0.3, -0.25) is 0 Å². The van der Waals surface area contributed by atoms with Gasteiger partial charge in [-0.2, -0.15) is 4.98 Å². The van der Waals surface area contributed by atoms with Gasteiger partial charge in [-0.15, -0.1) is 0 Å². The van der Waals surface area contributed by atoms with Crippen LogP contribution in [0.2, 0.25) is 0 Å². The maximum atomic E-state index is 10.2. The van der Waals surface area contributed by atoms with Crippen LogP contribution in [0.1, 0.15) is 38.5 Å². The van der Waals surface area contributed by atoms with Crippen molar-refractivity contribution >= 4 is 22.2 Å². The van der Waals surface area contributed by atoms with Crippen molar-refractivity contribution in [3.8, 4) is 5.88 Å². The van der Waals surface area contributed by atoms with E-state index >= 15 is 0 Å². The summed E-state index contributed by atoms with van der Waals surface area (Å²) in [5.74, 6) is 2.47. The van der Waals surface area contributed by atoms with Gasteiger partial charge in [-0.1, -0.05) is 50.3 Å². The quantitative estimate of drug-likeness (QED) is 0.670. The molecule has 1 heterocycles. The molecule has 1 aromatic heterocycles. The number of nitrogens with zero attached hydrogens (tertiary/aromatic N) is 1. The highest BCUT2D eigenvalue weighted by Crippen LogP contribution is 2.61. The first-order valence-electron chi connectivity index (χ1n) is 9.69. The molecule has 0 spiro atoms. The van der Waals surface area contributed by atoms with Crippen LogP contribution in [-0.2, 0) is 6.42 Å². The summed E-state index contributed by atoms with van der Waals surface area (Å²) >= 11 is 1.59. The minimum Gasteiger partial charge on any atom is -0.492 e. The number of hydrogen-bond acceptors (Lipinski definition) is 5. The molecule has 26 heavy (non-hydrogen) atoms. The van der Waals surface area contributed by atoms with Crippen molar-refractivity contribution in [3.63, 3.8) is 0 Å². The van der Waals surface area contributed by atoms with Crippen LogP contribution in [0.25, 0.3) is 0 Å². The fourth-order valence-electron chi connectivity index (χ4n) is 4.94. The molecule has 140 valence electrons. The number of thiazole rings is 1. The second-order valence-electron chi connectivity index (χ2n) is 8.51. The number of para-hydroxylation sites is 1. The second kappa shape index (κ2) is 6.76. The van der Waals surface area contributed by atoms with Crippen LogP contribution in [0.3, 0.4) is 0 Å². The highest BCUT2D eigenvalue weighted by Gasteiger charge is 2.56. The van der Waals surface area contributed by atoms with Gasteiger partial charge in [-0.25, -0.2) is 0 Å².